The first kappa shape index (κ1) is 21.0. The predicted molar refractivity (Wildman–Crippen MR) is 110 cm³/mol. The Kier molecular flexibility index (Phi) is 6.65. The summed E-state index contributed by atoms with van der Waals surface area (Å²) in [5.74, 6) is 0.308. The Hall–Kier alpha value is -2.34. The molecule has 0 radical (unpaired) electrons. The van der Waals surface area contributed by atoms with Gasteiger partial charge in [-0.3, -0.25) is 9.10 Å². The van der Waals surface area contributed by atoms with Crippen molar-refractivity contribution in [3.63, 3.8) is 0 Å². The lowest BCUT2D eigenvalue weighted by atomic mass is 10.1. The number of sulfonamides is 1. The van der Waals surface area contributed by atoms with Crippen LogP contribution in [-0.4, -0.2) is 27.9 Å². The topological polar surface area (TPSA) is 66.5 Å². The molecule has 0 saturated carbocycles. The predicted octanol–water partition coefficient (Wildman–Crippen LogP) is 3.90. The highest BCUT2D eigenvalue weighted by atomic mass is 32.2. The molecular formula is C21H28N2O3S. The molecule has 0 aromatic heterocycles. The fraction of sp³-hybridized carbons (Fsp3) is 0.381. The van der Waals surface area contributed by atoms with Crippen LogP contribution in [-0.2, 0) is 10.0 Å². The van der Waals surface area contributed by atoms with E-state index in [1.807, 2.05) is 13.8 Å². The van der Waals surface area contributed by atoms with Gasteiger partial charge in [0.2, 0.25) is 0 Å². The monoisotopic (exact) mass is 388 g/mol. The van der Waals surface area contributed by atoms with Crippen LogP contribution in [0.15, 0.2) is 47.4 Å². The van der Waals surface area contributed by atoms with E-state index in [2.05, 4.69) is 19.2 Å². The fourth-order valence-corrected chi connectivity index (χ4v) is 3.92. The first-order chi connectivity index (χ1) is 12.6. The third kappa shape index (κ3) is 5.10. The summed E-state index contributed by atoms with van der Waals surface area (Å²) in [5.41, 5.74) is 2.72. The number of benzene rings is 2. The number of hydrogen-bond acceptors (Lipinski definition) is 3. The summed E-state index contributed by atoms with van der Waals surface area (Å²) in [7, 11) is -2.19. The number of aryl methyl sites for hydroxylation is 2. The average Bonchev–Trinajstić information content (AvgIpc) is 2.61. The van der Waals surface area contributed by atoms with E-state index in [1.165, 1.54) is 11.4 Å². The maximum Gasteiger partial charge on any atom is 0.264 e. The van der Waals surface area contributed by atoms with Gasteiger partial charge in [-0.25, -0.2) is 8.42 Å². The van der Waals surface area contributed by atoms with Crippen LogP contribution in [0, 0.1) is 19.8 Å². The van der Waals surface area contributed by atoms with E-state index in [-0.39, 0.29) is 10.8 Å². The molecule has 27 heavy (non-hydrogen) atoms. The summed E-state index contributed by atoms with van der Waals surface area (Å²) >= 11 is 0. The van der Waals surface area contributed by atoms with Crippen LogP contribution in [0.25, 0.3) is 0 Å². The van der Waals surface area contributed by atoms with Crippen molar-refractivity contribution in [3.05, 3.63) is 59.2 Å². The molecule has 0 aliphatic carbocycles. The molecule has 1 amide bonds. The number of nitrogens with zero attached hydrogens (tertiary/aromatic N) is 1. The minimum absolute atomic E-state index is 0.196. The van der Waals surface area contributed by atoms with E-state index in [4.69, 9.17) is 0 Å². The minimum Gasteiger partial charge on any atom is -0.352 e. The summed E-state index contributed by atoms with van der Waals surface area (Å²) in [5, 5.41) is 2.89. The molecule has 0 saturated heterocycles. The maximum atomic E-state index is 12.9. The second kappa shape index (κ2) is 8.57. The van der Waals surface area contributed by atoms with E-state index < -0.39 is 10.0 Å². The molecule has 2 aromatic rings. The van der Waals surface area contributed by atoms with Crippen LogP contribution in [0.2, 0.25) is 0 Å². The molecule has 1 N–H and O–H groups in total. The normalized spacial score (nSPS) is 11.5. The summed E-state index contributed by atoms with van der Waals surface area (Å²) in [4.78, 5) is 12.6. The highest BCUT2D eigenvalue weighted by molar-refractivity contribution is 7.92. The Balaban J connectivity index is 2.29. The van der Waals surface area contributed by atoms with Crippen LogP contribution >= 0.6 is 0 Å². The SMILES string of the molecule is Cc1ccc(S(=O)(=O)N(C)c2cc(C(=O)NCCC(C)C)ccc2C)cc1. The van der Waals surface area contributed by atoms with Crippen molar-refractivity contribution in [2.24, 2.45) is 5.92 Å². The molecule has 0 fully saturated rings. The molecular weight excluding hydrogens is 360 g/mol. The third-order valence-electron chi connectivity index (χ3n) is 4.50. The summed E-state index contributed by atoms with van der Waals surface area (Å²) < 4.78 is 27.1. The molecule has 0 unspecified atom stereocenters. The smallest absolute Gasteiger partial charge is 0.264 e. The molecule has 6 heteroatoms. The van der Waals surface area contributed by atoms with E-state index >= 15 is 0 Å². The third-order valence-corrected chi connectivity index (χ3v) is 6.28. The van der Waals surface area contributed by atoms with Gasteiger partial charge in [0, 0.05) is 19.2 Å². The van der Waals surface area contributed by atoms with Gasteiger partial charge in [0.25, 0.3) is 15.9 Å². The molecule has 5 nitrogen and oxygen atoms in total. The van der Waals surface area contributed by atoms with Crippen LogP contribution in [0.5, 0.6) is 0 Å². The Morgan fingerprint density at radius 3 is 2.30 bits per heavy atom. The van der Waals surface area contributed by atoms with Crippen LogP contribution in [0.4, 0.5) is 5.69 Å². The summed E-state index contributed by atoms with van der Waals surface area (Å²) in [6.07, 6.45) is 0.895. The fourth-order valence-electron chi connectivity index (χ4n) is 2.66. The molecule has 0 heterocycles. The van der Waals surface area contributed by atoms with Gasteiger partial charge in [0.15, 0.2) is 0 Å². The molecule has 0 aliphatic heterocycles. The first-order valence-electron chi connectivity index (χ1n) is 9.07. The van der Waals surface area contributed by atoms with E-state index in [9.17, 15) is 13.2 Å². The lowest BCUT2D eigenvalue weighted by molar-refractivity contribution is 0.0952. The van der Waals surface area contributed by atoms with Gasteiger partial charge in [0.1, 0.15) is 0 Å². The van der Waals surface area contributed by atoms with Gasteiger partial charge in [-0.05, 0) is 56.0 Å². The van der Waals surface area contributed by atoms with Crippen molar-refractivity contribution in [3.8, 4) is 0 Å². The zero-order valence-electron chi connectivity index (χ0n) is 16.6. The van der Waals surface area contributed by atoms with Gasteiger partial charge in [0.05, 0.1) is 10.6 Å². The maximum absolute atomic E-state index is 12.9. The van der Waals surface area contributed by atoms with Crippen LogP contribution in [0.3, 0.4) is 0 Å². The molecule has 0 bridgehead atoms. The second-order valence-corrected chi connectivity index (χ2v) is 9.19. The highest BCUT2D eigenvalue weighted by Crippen LogP contribution is 2.26. The van der Waals surface area contributed by atoms with Crippen LogP contribution in [0.1, 0.15) is 41.8 Å². The molecule has 2 rings (SSSR count). The van der Waals surface area contributed by atoms with Crippen molar-refractivity contribution in [1.82, 2.24) is 5.32 Å². The van der Waals surface area contributed by atoms with Crippen molar-refractivity contribution >= 4 is 21.6 Å². The molecule has 0 atom stereocenters. The zero-order chi connectivity index (χ0) is 20.2. The van der Waals surface area contributed by atoms with E-state index in [0.717, 1.165) is 17.5 Å². The quantitative estimate of drug-likeness (QED) is 0.782. The number of rotatable bonds is 7. The van der Waals surface area contributed by atoms with Gasteiger partial charge in [-0.2, -0.15) is 0 Å². The number of nitrogens with one attached hydrogen (secondary N) is 1. The molecule has 0 aliphatic rings. The Labute approximate surface area is 162 Å². The average molecular weight is 389 g/mol. The van der Waals surface area contributed by atoms with Gasteiger partial charge < -0.3 is 5.32 Å². The van der Waals surface area contributed by atoms with Gasteiger partial charge >= 0.3 is 0 Å². The standard InChI is InChI=1S/C21H28N2O3S/c1-15(2)12-13-22-21(24)18-9-8-17(4)20(14-18)23(5)27(25,26)19-10-6-16(3)7-11-19/h6-11,14-15H,12-13H2,1-5H3,(H,22,24). The number of carbonyl (C=O) groups excluding carboxylic acids is 1. The molecule has 146 valence electrons. The van der Waals surface area contributed by atoms with Gasteiger partial charge in [-0.1, -0.05) is 37.6 Å². The van der Waals surface area contributed by atoms with Crippen molar-refractivity contribution in [1.29, 1.82) is 0 Å². The Bertz CT molecular complexity index is 904. The summed E-state index contributed by atoms with van der Waals surface area (Å²) in [6.45, 7) is 8.53. The lowest BCUT2D eigenvalue weighted by Crippen LogP contribution is -2.29. The number of anilines is 1. The number of hydrogen-bond donors (Lipinski definition) is 1. The van der Waals surface area contributed by atoms with Gasteiger partial charge in [-0.15, -0.1) is 0 Å². The Morgan fingerprint density at radius 2 is 1.70 bits per heavy atom. The minimum atomic E-state index is -3.70. The van der Waals surface area contributed by atoms with Crippen molar-refractivity contribution < 1.29 is 13.2 Å². The Morgan fingerprint density at radius 1 is 1.07 bits per heavy atom. The molecule has 0 spiro atoms. The number of amides is 1. The number of carbonyl (C=O) groups is 1. The molecule has 2 aromatic carbocycles. The summed E-state index contributed by atoms with van der Waals surface area (Å²) in [6, 6.07) is 11.9. The lowest BCUT2D eigenvalue weighted by Gasteiger charge is -2.22. The second-order valence-electron chi connectivity index (χ2n) is 7.23. The van der Waals surface area contributed by atoms with E-state index in [0.29, 0.717) is 23.7 Å². The van der Waals surface area contributed by atoms with Crippen molar-refractivity contribution in [2.45, 2.75) is 39.0 Å². The largest absolute Gasteiger partial charge is 0.352 e. The first-order valence-corrected chi connectivity index (χ1v) is 10.5. The van der Waals surface area contributed by atoms with Crippen molar-refractivity contribution in [2.75, 3.05) is 17.9 Å². The highest BCUT2D eigenvalue weighted by Gasteiger charge is 2.23. The van der Waals surface area contributed by atoms with Crippen LogP contribution < -0.4 is 9.62 Å². The zero-order valence-corrected chi connectivity index (χ0v) is 17.4. The van der Waals surface area contributed by atoms with E-state index in [1.54, 1.807) is 42.5 Å².